The van der Waals surface area contributed by atoms with Gasteiger partial charge in [-0.2, -0.15) is 0 Å². The summed E-state index contributed by atoms with van der Waals surface area (Å²) in [4.78, 5) is 8.56. The molecule has 0 aliphatic carbocycles. The van der Waals surface area contributed by atoms with Crippen molar-refractivity contribution in [1.82, 2.24) is 19.1 Å². The van der Waals surface area contributed by atoms with E-state index in [1.807, 2.05) is 61.4 Å². The maximum atomic E-state index is 4.28. The van der Waals surface area contributed by atoms with Gasteiger partial charge in [-0.05, 0) is 55.7 Å². The highest BCUT2D eigenvalue weighted by Crippen LogP contribution is 2.44. The minimum atomic E-state index is 1.09. The van der Waals surface area contributed by atoms with Gasteiger partial charge in [0.25, 0.3) is 0 Å². The summed E-state index contributed by atoms with van der Waals surface area (Å²) in [7, 11) is 5.08. The summed E-state index contributed by atoms with van der Waals surface area (Å²) in [5, 5.41) is 2.18. The summed E-state index contributed by atoms with van der Waals surface area (Å²) >= 11 is 0. The average molecular weight is 383 g/mol. The van der Waals surface area contributed by atoms with E-state index in [1.165, 1.54) is 0 Å². The van der Waals surface area contributed by atoms with Crippen molar-refractivity contribution in [3.63, 3.8) is 0 Å². The maximum Gasteiger partial charge on any atom is 0.111 e. The fourth-order valence-electron chi connectivity index (χ4n) is 2.34. The van der Waals surface area contributed by atoms with E-state index in [1.54, 1.807) is 31.4 Å². The van der Waals surface area contributed by atoms with Gasteiger partial charge < -0.3 is 0 Å². The Hall–Kier alpha value is -2.09. The normalized spacial score (nSPS) is 10.9. The second-order valence-electron chi connectivity index (χ2n) is 5.11. The van der Waals surface area contributed by atoms with Crippen LogP contribution in [0.15, 0.2) is 95.8 Å². The third kappa shape index (κ3) is 3.78. The molecule has 0 saturated carbocycles. The molecule has 0 N–H and O–H groups in total. The van der Waals surface area contributed by atoms with Gasteiger partial charge in [0.2, 0.25) is 0 Å². The van der Waals surface area contributed by atoms with Gasteiger partial charge in [-0.3, -0.25) is 9.13 Å². The van der Waals surface area contributed by atoms with Gasteiger partial charge in [-0.1, -0.05) is 36.4 Å². The molecule has 25 heavy (non-hydrogen) atoms. The molecule has 0 spiro atoms. The Labute approximate surface area is 157 Å². The van der Waals surface area contributed by atoms with Crippen LogP contribution in [0.5, 0.6) is 0 Å². The minimum absolute atomic E-state index is 1.09. The van der Waals surface area contributed by atoms with Gasteiger partial charge >= 0.3 is 0 Å². The summed E-state index contributed by atoms with van der Waals surface area (Å²) in [5.74, 6) is 0. The van der Waals surface area contributed by atoms with Crippen LogP contribution in [0.2, 0.25) is 0 Å². The van der Waals surface area contributed by atoms with Crippen LogP contribution in [0.25, 0.3) is 11.4 Å². The van der Waals surface area contributed by atoms with Crippen molar-refractivity contribution >= 4 is 31.4 Å². The molecule has 2 heterocycles. The Bertz CT molecular complexity index is 857. The molecule has 7 heteroatoms. The van der Waals surface area contributed by atoms with Gasteiger partial charge in [0.05, 0.1) is 12.4 Å². The van der Waals surface area contributed by atoms with Gasteiger partial charge in [-0.25, -0.2) is 9.97 Å². The molecule has 0 saturated heterocycles. The molecule has 0 unspecified atom stereocenters. The third-order valence-corrected chi connectivity index (χ3v) is 7.26. The van der Waals surface area contributed by atoms with Gasteiger partial charge in [0.15, 0.2) is 0 Å². The van der Waals surface area contributed by atoms with Crippen molar-refractivity contribution in [1.29, 1.82) is 0 Å². The fourth-order valence-corrected chi connectivity index (χ4v) is 6.01. The quantitative estimate of drug-likeness (QED) is 0.411. The van der Waals surface area contributed by atoms with Crippen LogP contribution in [-0.4, -0.2) is 19.1 Å². The zero-order valence-electron chi connectivity index (χ0n) is 13.1. The molecule has 2 aromatic carbocycles. The van der Waals surface area contributed by atoms with E-state index >= 15 is 0 Å². The first-order valence-electron chi connectivity index (χ1n) is 7.58. The van der Waals surface area contributed by atoms with Crippen LogP contribution < -0.4 is 0 Å². The summed E-state index contributed by atoms with van der Waals surface area (Å²) in [5.41, 5.74) is 2.23. The van der Waals surface area contributed by atoms with E-state index in [2.05, 4.69) is 43.4 Å². The average Bonchev–Trinajstić information content (AvgIpc) is 3.33. The van der Waals surface area contributed by atoms with E-state index < -0.39 is 0 Å². The second-order valence-corrected chi connectivity index (χ2v) is 9.05. The number of hydrogen-bond donors (Lipinski definition) is 0. The van der Waals surface area contributed by atoms with Crippen molar-refractivity contribution in [2.24, 2.45) is 0 Å². The largest absolute Gasteiger partial charge is 0.293 e. The number of para-hydroxylation sites is 2. The topological polar surface area (TPSA) is 35.6 Å². The molecule has 0 amide bonds. The zero-order valence-corrected chi connectivity index (χ0v) is 15.5. The zero-order chi connectivity index (χ0) is 16.9. The van der Waals surface area contributed by atoms with Crippen LogP contribution in [0.1, 0.15) is 0 Å². The van der Waals surface area contributed by atoms with Crippen molar-refractivity contribution in [3.05, 3.63) is 85.7 Å². The molecule has 0 aliphatic rings. The molecule has 0 atom stereocenters. The standard InChI is InChI=1S/C18H14N4S3/c1-3-7-15(8-4-1)21-13-19-11-17(21)23-25-24-18-12-20-14-22(18)16-9-5-2-6-10-16/h1-14H. The number of benzene rings is 2. The molecule has 4 aromatic rings. The monoisotopic (exact) mass is 382 g/mol. The molecule has 0 radical (unpaired) electrons. The number of nitrogens with zero attached hydrogens (tertiary/aromatic N) is 4. The van der Waals surface area contributed by atoms with E-state index in [4.69, 9.17) is 0 Å². The molecule has 4 nitrogen and oxygen atoms in total. The van der Waals surface area contributed by atoms with Crippen LogP contribution in [0, 0.1) is 0 Å². The molecule has 0 bridgehead atoms. The number of rotatable bonds is 6. The van der Waals surface area contributed by atoms with E-state index in [-0.39, 0.29) is 0 Å². The van der Waals surface area contributed by atoms with Crippen LogP contribution in [0.4, 0.5) is 0 Å². The minimum Gasteiger partial charge on any atom is -0.293 e. The Morgan fingerprint density at radius 2 is 1.04 bits per heavy atom. The Morgan fingerprint density at radius 1 is 0.600 bits per heavy atom. The smallest absolute Gasteiger partial charge is 0.111 e. The molecular formula is C18H14N4S3. The predicted octanol–water partition coefficient (Wildman–Crippen LogP) is 5.51. The molecule has 0 aliphatic heterocycles. The molecule has 2 aromatic heterocycles. The lowest BCUT2D eigenvalue weighted by Gasteiger charge is -2.08. The highest BCUT2D eigenvalue weighted by atomic mass is 33.5. The van der Waals surface area contributed by atoms with Crippen LogP contribution in [0.3, 0.4) is 0 Å². The van der Waals surface area contributed by atoms with Crippen molar-refractivity contribution in [2.45, 2.75) is 10.1 Å². The first-order chi connectivity index (χ1) is 12.4. The summed E-state index contributed by atoms with van der Waals surface area (Å²) in [6.45, 7) is 0. The predicted molar refractivity (Wildman–Crippen MR) is 106 cm³/mol. The van der Waals surface area contributed by atoms with Gasteiger partial charge in [-0.15, -0.1) is 0 Å². The number of hydrogen-bond acceptors (Lipinski definition) is 5. The lowest BCUT2D eigenvalue weighted by molar-refractivity contribution is 0.954. The second kappa shape index (κ2) is 7.86. The van der Waals surface area contributed by atoms with Gasteiger partial charge in [0.1, 0.15) is 22.7 Å². The summed E-state index contributed by atoms with van der Waals surface area (Å²) in [6.07, 6.45) is 7.47. The lowest BCUT2D eigenvalue weighted by atomic mass is 10.3. The van der Waals surface area contributed by atoms with Crippen LogP contribution >= 0.6 is 31.4 Å². The van der Waals surface area contributed by atoms with Gasteiger partial charge in [0, 0.05) is 11.4 Å². The van der Waals surface area contributed by atoms with Crippen molar-refractivity contribution in [2.75, 3.05) is 0 Å². The first kappa shape index (κ1) is 16.4. The maximum absolute atomic E-state index is 4.28. The number of aromatic nitrogens is 4. The SMILES string of the molecule is c1ccc(-n2cncc2SSSc2cncn2-c2ccccc2)cc1. The number of imidazole rings is 2. The van der Waals surface area contributed by atoms with Crippen LogP contribution in [-0.2, 0) is 0 Å². The Kier molecular flexibility index (Phi) is 5.15. The third-order valence-electron chi connectivity index (χ3n) is 3.52. The Morgan fingerprint density at radius 3 is 1.48 bits per heavy atom. The van der Waals surface area contributed by atoms with E-state index in [0.717, 1.165) is 21.4 Å². The Balaban J connectivity index is 1.45. The molecule has 4 rings (SSSR count). The molecule has 0 fully saturated rings. The van der Waals surface area contributed by atoms with E-state index in [9.17, 15) is 0 Å². The molecular weight excluding hydrogens is 368 g/mol. The van der Waals surface area contributed by atoms with Crippen molar-refractivity contribution < 1.29 is 0 Å². The lowest BCUT2D eigenvalue weighted by Crippen LogP contribution is -1.92. The highest BCUT2D eigenvalue weighted by molar-refractivity contribution is 9.09. The fraction of sp³-hybridized carbons (Fsp3) is 0. The van der Waals surface area contributed by atoms with E-state index in [0.29, 0.717) is 0 Å². The highest BCUT2D eigenvalue weighted by Gasteiger charge is 2.09. The van der Waals surface area contributed by atoms with Crippen molar-refractivity contribution in [3.8, 4) is 11.4 Å². The summed E-state index contributed by atoms with van der Waals surface area (Å²) in [6, 6.07) is 20.5. The first-order valence-corrected chi connectivity index (χ1v) is 11.1. The molecule has 124 valence electrons. The summed E-state index contributed by atoms with van der Waals surface area (Å²) < 4.78 is 4.18.